The molecule has 10 heteroatoms. The van der Waals surface area contributed by atoms with Crippen molar-refractivity contribution in [2.75, 3.05) is 21.3 Å². The molecule has 1 aliphatic carbocycles. The Balaban J connectivity index is 2.37. The van der Waals surface area contributed by atoms with Gasteiger partial charge in [0.2, 0.25) is 17.6 Å². The van der Waals surface area contributed by atoms with Crippen LogP contribution in [-0.4, -0.2) is 44.8 Å². The van der Waals surface area contributed by atoms with Crippen LogP contribution in [0.2, 0.25) is 0 Å². The van der Waals surface area contributed by atoms with Crippen LogP contribution in [-0.2, 0) is 14.4 Å². The van der Waals surface area contributed by atoms with Crippen LogP contribution in [0.4, 0.5) is 0 Å². The fraction of sp³-hybridized carbons (Fsp3) is 0.368. The number of carbonyl (C=O) groups excluding carboxylic acids is 4. The number of rotatable bonds is 8. The van der Waals surface area contributed by atoms with E-state index >= 15 is 0 Å². The molecule has 0 heterocycles. The van der Waals surface area contributed by atoms with Crippen molar-refractivity contribution in [2.45, 2.75) is 19.3 Å². The lowest BCUT2D eigenvalue weighted by Gasteiger charge is -2.24. The maximum Gasteiger partial charge on any atom is 0.296 e. The third kappa shape index (κ3) is 4.48. The second kappa shape index (κ2) is 9.09. The van der Waals surface area contributed by atoms with Gasteiger partial charge in [-0.2, -0.15) is 0 Å². The van der Waals surface area contributed by atoms with E-state index in [-0.39, 0.29) is 40.5 Å². The van der Waals surface area contributed by atoms with Gasteiger partial charge >= 0.3 is 0 Å². The lowest BCUT2D eigenvalue weighted by Crippen LogP contribution is -2.39. The summed E-state index contributed by atoms with van der Waals surface area (Å²) >= 11 is 0. The molecule has 1 aliphatic rings. The minimum Gasteiger partial charge on any atom is -0.493 e. The monoisotopic (exact) mass is 405 g/mol. The maximum absolute atomic E-state index is 12.7. The normalized spacial score (nSPS) is 16.0. The molecule has 3 amide bonds. The molecule has 0 aliphatic heterocycles. The van der Waals surface area contributed by atoms with Crippen molar-refractivity contribution in [1.82, 2.24) is 5.32 Å². The Kier molecular flexibility index (Phi) is 6.81. The first-order valence-electron chi connectivity index (χ1n) is 8.72. The summed E-state index contributed by atoms with van der Waals surface area (Å²) in [6.07, 6.45) is 1.11. The van der Waals surface area contributed by atoms with Crippen molar-refractivity contribution in [2.24, 2.45) is 17.4 Å². The number of carbonyl (C=O) groups is 4. The first-order chi connectivity index (χ1) is 13.7. The predicted molar refractivity (Wildman–Crippen MR) is 101 cm³/mol. The molecule has 0 bridgehead atoms. The van der Waals surface area contributed by atoms with E-state index in [9.17, 15) is 19.2 Å². The van der Waals surface area contributed by atoms with Crippen molar-refractivity contribution < 1.29 is 33.4 Å². The molecule has 0 unspecified atom stereocenters. The SMILES string of the molecule is COc1cc(C(=O)C(=O)NC2=C(C(N)=O)[C@H](C(N)=O)CCC2)cc(OC)c1OC. The largest absolute Gasteiger partial charge is 0.493 e. The zero-order valence-corrected chi connectivity index (χ0v) is 16.4. The molecule has 29 heavy (non-hydrogen) atoms. The summed E-state index contributed by atoms with van der Waals surface area (Å²) in [7, 11) is 4.16. The number of amides is 3. The van der Waals surface area contributed by atoms with Crippen LogP contribution in [0.15, 0.2) is 23.4 Å². The van der Waals surface area contributed by atoms with E-state index in [1.807, 2.05) is 0 Å². The Morgan fingerprint density at radius 2 is 1.59 bits per heavy atom. The van der Waals surface area contributed by atoms with Crippen molar-refractivity contribution in [3.05, 3.63) is 29.0 Å². The van der Waals surface area contributed by atoms with Crippen molar-refractivity contribution >= 4 is 23.5 Å². The summed E-state index contributed by atoms with van der Waals surface area (Å²) in [5.74, 6) is -3.74. The minimum absolute atomic E-state index is 0.0134. The number of primary amides is 2. The highest BCUT2D eigenvalue weighted by Crippen LogP contribution is 2.38. The third-order valence-corrected chi connectivity index (χ3v) is 4.60. The summed E-state index contributed by atoms with van der Waals surface area (Å²) in [6, 6.07) is 2.67. The summed E-state index contributed by atoms with van der Waals surface area (Å²) < 4.78 is 15.5. The van der Waals surface area contributed by atoms with E-state index in [1.165, 1.54) is 33.5 Å². The predicted octanol–water partition coefficient (Wildman–Crippen LogP) is 0.0361. The molecule has 0 fully saturated rings. The van der Waals surface area contributed by atoms with Gasteiger partial charge < -0.3 is 31.0 Å². The number of Topliss-reactive ketones (excluding diaryl/α,β-unsaturated/α-hetero) is 1. The van der Waals surface area contributed by atoms with Crippen LogP contribution >= 0.6 is 0 Å². The average Bonchev–Trinajstić information content (AvgIpc) is 2.71. The molecule has 2 rings (SSSR count). The number of hydrogen-bond acceptors (Lipinski definition) is 7. The quantitative estimate of drug-likeness (QED) is 0.406. The van der Waals surface area contributed by atoms with E-state index in [0.29, 0.717) is 12.8 Å². The smallest absolute Gasteiger partial charge is 0.296 e. The van der Waals surface area contributed by atoms with Gasteiger partial charge in [0.1, 0.15) is 0 Å². The Hall–Kier alpha value is -3.56. The van der Waals surface area contributed by atoms with E-state index in [0.717, 1.165) is 0 Å². The number of methoxy groups -OCH3 is 3. The fourth-order valence-corrected chi connectivity index (χ4v) is 3.24. The summed E-state index contributed by atoms with van der Waals surface area (Å²) in [5.41, 5.74) is 10.7. The summed E-state index contributed by atoms with van der Waals surface area (Å²) in [6.45, 7) is 0. The fourth-order valence-electron chi connectivity index (χ4n) is 3.24. The van der Waals surface area contributed by atoms with Gasteiger partial charge in [-0.1, -0.05) is 0 Å². The molecule has 156 valence electrons. The van der Waals surface area contributed by atoms with Gasteiger partial charge in [0.25, 0.3) is 11.7 Å². The molecule has 5 N–H and O–H groups in total. The summed E-state index contributed by atoms with van der Waals surface area (Å²) in [4.78, 5) is 48.6. The van der Waals surface area contributed by atoms with E-state index in [1.54, 1.807) is 0 Å². The van der Waals surface area contributed by atoms with Crippen molar-refractivity contribution in [3.63, 3.8) is 0 Å². The third-order valence-electron chi connectivity index (χ3n) is 4.60. The number of benzene rings is 1. The molecule has 0 saturated heterocycles. The molecule has 1 atom stereocenters. The minimum atomic E-state index is -1.00. The Labute approximate surface area is 167 Å². The molecule has 10 nitrogen and oxygen atoms in total. The maximum atomic E-state index is 12.7. The van der Waals surface area contributed by atoms with Crippen LogP contribution in [0.25, 0.3) is 0 Å². The standard InChI is InChI=1S/C19H23N3O7/c1-27-12-7-9(8-13(28-2)16(12)29-3)15(23)19(26)22-11-6-4-5-10(17(20)24)14(11)18(21)25/h7-8,10H,4-6H2,1-3H3,(H2,20,24)(H2,21,25)(H,22,26)/t10-/m1/s1. The molecule has 1 aromatic rings. The summed E-state index contributed by atoms with van der Waals surface area (Å²) in [5, 5.41) is 2.41. The highest BCUT2D eigenvalue weighted by atomic mass is 16.5. The zero-order valence-electron chi connectivity index (χ0n) is 16.4. The number of ether oxygens (including phenoxy) is 3. The second-order valence-electron chi connectivity index (χ2n) is 6.30. The Morgan fingerprint density at radius 3 is 2.03 bits per heavy atom. The van der Waals surface area contributed by atoms with Crippen LogP contribution in [0, 0.1) is 5.92 Å². The molecule has 0 spiro atoms. The van der Waals surface area contributed by atoms with Crippen LogP contribution in [0.3, 0.4) is 0 Å². The van der Waals surface area contributed by atoms with Gasteiger partial charge in [-0.3, -0.25) is 19.2 Å². The van der Waals surface area contributed by atoms with Crippen LogP contribution in [0.1, 0.15) is 29.6 Å². The number of allylic oxidation sites excluding steroid dienone is 1. The number of nitrogens with two attached hydrogens (primary N) is 2. The molecular formula is C19H23N3O7. The molecule has 0 aromatic heterocycles. The van der Waals surface area contributed by atoms with Gasteiger partial charge in [-0.15, -0.1) is 0 Å². The first kappa shape index (κ1) is 21.7. The van der Waals surface area contributed by atoms with Crippen molar-refractivity contribution in [3.8, 4) is 17.2 Å². The number of nitrogens with one attached hydrogen (secondary N) is 1. The number of ketones is 1. The highest BCUT2D eigenvalue weighted by molar-refractivity contribution is 6.43. The first-order valence-corrected chi connectivity index (χ1v) is 8.72. The van der Waals surface area contributed by atoms with Gasteiger partial charge in [-0.05, 0) is 31.4 Å². The Bertz CT molecular complexity index is 867. The molecule has 0 radical (unpaired) electrons. The Morgan fingerprint density at radius 1 is 1.00 bits per heavy atom. The van der Waals surface area contributed by atoms with Gasteiger partial charge in [-0.25, -0.2) is 0 Å². The van der Waals surface area contributed by atoms with E-state index < -0.39 is 29.4 Å². The van der Waals surface area contributed by atoms with Crippen molar-refractivity contribution in [1.29, 1.82) is 0 Å². The topological polar surface area (TPSA) is 160 Å². The molecular weight excluding hydrogens is 382 g/mol. The van der Waals surface area contributed by atoms with Crippen LogP contribution in [0.5, 0.6) is 17.2 Å². The van der Waals surface area contributed by atoms with Gasteiger partial charge in [0, 0.05) is 16.8 Å². The number of hydrogen-bond donors (Lipinski definition) is 3. The van der Waals surface area contributed by atoms with Gasteiger partial charge in [0.15, 0.2) is 11.5 Å². The zero-order chi connectivity index (χ0) is 21.7. The lowest BCUT2D eigenvalue weighted by atomic mass is 9.84. The van der Waals surface area contributed by atoms with E-state index in [2.05, 4.69) is 5.32 Å². The highest BCUT2D eigenvalue weighted by Gasteiger charge is 2.32. The second-order valence-corrected chi connectivity index (χ2v) is 6.30. The van der Waals surface area contributed by atoms with E-state index in [4.69, 9.17) is 25.7 Å². The average molecular weight is 405 g/mol. The molecule has 0 saturated carbocycles. The van der Waals surface area contributed by atoms with Crippen LogP contribution < -0.4 is 31.0 Å². The molecule has 1 aromatic carbocycles. The lowest BCUT2D eigenvalue weighted by molar-refractivity contribution is -0.124. The van der Waals surface area contributed by atoms with Gasteiger partial charge in [0.05, 0.1) is 27.2 Å².